The van der Waals surface area contributed by atoms with Crippen molar-refractivity contribution in [3.63, 3.8) is 0 Å². The zero-order valence-corrected chi connectivity index (χ0v) is 17.2. The molecule has 1 heterocycles. The molecule has 0 aromatic heterocycles. The Balaban J connectivity index is 1.30. The average Bonchev–Trinajstić information content (AvgIpc) is 2.75. The van der Waals surface area contributed by atoms with Gasteiger partial charge in [-0.05, 0) is 23.8 Å². The Morgan fingerprint density at radius 2 is 1.66 bits per heavy atom. The summed E-state index contributed by atoms with van der Waals surface area (Å²) in [4.78, 5) is 28.5. The van der Waals surface area contributed by atoms with Gasteiger partial charge >= 0.3 is 0 Å². The Bertz CT molecular complexity index is 811. The van der Waals surface area contributed by atoms with Crippen molar-refractivity contribution in [3.05, 3.63) is 71.5 Å². The quantitative estimate of drug-likeness (QED) is 0.674. The van der Waals surface area contributed by atoms with Crippen LogP contribution in [0.5, 0.6) is 0 Å². The number of carbonyl (C=O) groups excluding carboxylic acids is 2. The lowest BCUT2D eigenvalue weighted by Gasteiger charge is -2.34. The van der Waals surface area contributed by atoms with Gasteiger partial charge in [-0.2, -0.15) is 11.8 Å². The van der Waals surface area contributed by atoms with Crippen LogP contribution in [0, 0.1) is 5.82 Å². The van der Waals surface area contributed by atoms with Crippen molar-refractivity contribution in [1.29, 1.82) is 0 Å². The molecular weight excluding hydrogens is 389 g/mol. The van der Waals surface area contributed by atoms with E-state index in [9.17, 15) is 14.0 Å². The summed E-state index contributed by atoms with van der Waals surface area (Å²) in [7, 11) is 0. The third kappa shape index (κ3) is 6.58. The number of hydrogen-bond donors (Lipinski definition) is 1. The maximum Gasteiger partial charge on any atom is 0.253 e. The minimum Gasteiger partial charge on any atom is -0.354 e. The SMILES string of the molecule is O=C(CN1CCN(C(=O)c2ccccc2)CC1)NCCSCc1ccccc1F. The number of thioether (sulfide) groups is 1. The second-order valence-corrected chi connectivity index (χ2v) is 8.03. The molecule has 2 amide bonds. The first-order valence-corrected chi connectivity index (χ1v) is 10.9. The minimum atomic E-state index is -0.186. The molecule has 0 saturated carbocycles. The van der Waals surface area contributed by atoms with E-state index >= 15 is 0 Å². The van der Waals surface area contributed by atoms with Gasteiger partial charge in [-0.15, -0.1) is 0 Å². The summed E-state index contributed by atoms with van der Waals surface area (Å²) in [6.45, 7) is 3.52. The highest BCUT2D eigenvalue weighted by Crippen LogP contribution is 2.14. The lowest BCUT2D eigenvalue weighted by Crippen LogP contribution is -2.51. The number of amides is 2. The van der Waals surface area contributed by atoms with E-state index in [0.29, 0.717) is 56.1 Å². The van der Waals surface area contributed by atoms with E-state index in [-0.39, 0.29) is 17.6 Å². The molecule has 0 aliphatic carbocycles. The summed E-state index contributed by atoms with van der Waals surface area (Å²) in [5.74, 6) is 1.18. The molecule has 7 heteroatoms. The van der Waals surface area contributed by atoms with Crippen LogP contribution in [0.1, 0.15) is 15.9 Å². The normalized spacial score (nSPS) is 14.6. The molecule has 1 fully saturated rings. The maximum absolute atomic E-state index is 13.5. The molecular formula is C22H26FN3O2S. The van der Waals surface area contributed by atoms with Gasteiger partial charge in [0.2, 0.25) is 5.91 Å². The van der Waals surface area contributed by atoms with Crippen LogP contribution in [0.15, 0.2) is 54.6 Å². The second kappa shape index (κ2) is 11.0. The topological polar surface area (TPSA) is 52.7 Å². The van der Waals surface area contributed by atoms with Crippen LogP contribution in [-0.4, -0.2) is 66.6 Å². The van der Waals surface area contributed by atoms with Gasteiger partial charge < -0.3 is 10.2 Å². The zero-order valence-electron chi connectivity index (χ0n) is 16.4. The molecule has 1 N–H and O–H groups in total. The predicted octanol–water partition coefficient (Wildman–Crippen LogP) is 2.63. The summed E-state index contributed by atoms with van der Waals surface area (Å²) in [5.41, 5.74) is 1.39. The molecule has 2 aromatic rings. The van der Waals surface area contributed by atoms with Crippen molar-refractivity contribution in [2.75, 3.05) is 45.0 Å². The highest BCUT2D eigenvalue weighted by Gasteiger charge is 2.23. The van der Waals surface area contributed by atoms with Crippen LogP contribution in [0.3, 0.4) is 0 Å². The second-order valence-electron chi connectivity index (χ2n) is 6.93. The maximum atomic E-state index is 13.5. The molecule has 1 aliphatic rings. The van der Waals surface area contributed by atoms with Gasteiger partial charge in [0.05, 0.1) is 6.54 Å². The Morgan fingerprint density at radius 3 is 2.38 bits per heavy atom. The average molecular weight is 416 g/mol. The van der Waals surface area contributed by atoms with E-state index in [1.165, 1.54) is 6.07 Å². The van der Waals surface area contributed by atoms with Crippen molar-refractivity contribution in [2.24, 2.45) is 0 Å². The fourth-order valence-corrected chi connectivity index (χ4v) is 4.04. The molecule has 5 nitrogen and oxygen atoms in total. The highest BCUT2D eigenvalue weighted by molar-refractivity contribution is 7.98. The summed E-state index contributed by atoms with van der Waals surface area (Å²) in [5, 5.41) is 2.91. The van der Waals surface area contributed by atoms with E-state index in [1.807, 2.05) is 41.3 Å². The van der Waals surface area contributed by atoms with Crippen molar-refractivity contribution >= 4 is 23.6 Å². The van der Waals surface area contributed by atoms with Crippen LogP contribution >= 0.6 is 11.8 Å². The fourth-order valence-electron chi connectivity index (χ4n) is 3.19. The third-order valence-electron chi connectivity index (χ3n) is 4.83. The van der Waals surface area contributed by atoms with E-state index < -0.39 is 0 Å². The predicted molar refractivity (Wildman–Crippen MR) is 114 cm³/mol. The number of halogens is 1. The number of hydrogen-bond acceptors (Lipinski definition) is 4. The Morgan fingerprint density at radius 1 is 0.966 bits per heavy atom. The smallest absolute Gasteiger partial charge is 0.253 e. The van der Waals surface area contributed by atoms with Crippen molar-refractivity contribution in [3.8, 4) is 0 Å². The summed E-state index contributed by atoms with van der Waals surface area (Å²) >= 11 is 1.60. The number of benzene rings is 2. The number of carbonyl (C=O) groups is 2. The third-order valence-corrected chi connectivity index (χ3v) is 5.84. The molecule has 2 aromatic carbocycles. The Labute approximate surface area is 175 Å². The monoisotopic (exact) mass is 415 g/mol. The van der Waals surface area contributed by atoms with E-state index in [1.54, 1.807) is 23.9 Å². The van der Waals surface area contributed by atoms with Gasteiger partial charge in [0.15, 0.2) is 0 Å². The summed E-state index contributed by atoms with van der Waals surface area (Å²) in [6, 6.07) is 16.0. The summed E-state index contributed by atoms with van der Waals surface area (Å²) < 4.78 is 13.5. The molecule has 0 radical (unpaired) electrons. The van der Waals surface area contributed by atoms with Gasteiger partial charge in [-0.3, -0.25) is 14.5 Å². The van der Waals surface area contributed by atoms with Crippen LogP contribution in [0.25, 0.3) is 0 Å². The number of piperazine rings is 1. The largest absolute Gasteiger partial charge is 0.354 e. The molecule has 0 spiro atoms. The van der Waals surface area contributed by atoms with Crippen LogP contribution in [-0.2, 0) is 10.5 Å². The molecule has 3 rings (SSSR count). The first-order valence-electron chi connectivity index (χ1n) is 9.78. The first-order chi connectivity index (χ1) is 14.1. The molecule has 1 saturated heterocycles. The highest BCUT2D eigenvalue weighted by atomic mass is 32.2. The van der Waals surface area contributed by atoms with Gasteiger partial charge in [-0.25, -0.2) is 4.39 Å². The van der Waals surface area contributed by atoms with Crippen LogP contribution in [0.4, 0.5) is 4.39 Å². The zero-order chi connectivity index (χ0) is 20.5. The van der Waals surface area contributed by atoms with E-state index in [4.69, 9.17) is 0 Å². The number of rotatable bonds is 8. The molecule has 29 heavy (non-hydrogen) atoms. The van der Waals surface area contributed by atoms with Gasteiger partial charge in [0.25, 0.3) is 5.91 Å². The molecule has 154 valence electrons. The van der Waals surface area contributed by atoms with Gasteiger partial charge in [-0.1, -0.05) is 36.4 Å². The Kier molecular flexibility index (Phi) is 8.07. The lowest BCUT2D eigenvalue weighted by atomic mass is 10.2. The van der Waals surface area contributed by atoms with Gasteiger partial charge in [0.1, 0.15) is 5.82 Å². The first kappa shape index (κ1) is 21.3. The van der Waals surface area contributed by atoms with E-state index in [0.717, 1.165) is 5.75 Å². The van der Waals surface area contributed by atoms with Gasteiger partial charge in [0, 0.05) is 49.8 Å². The van der Waals surface area contributed by atoms with Crippen LogP contribution in [0.2, 0.25) is 0 Å². The fraction of sp³-hybridized carbons (Fsp3) is 0.364. The molecule has 0 atom stereocenters. The molecule has 1 aliphatic heterocycles. The molecule has 0 unspecified atom stereocenters. The minimum absolute atomic E-state index is 0.0145. The number of nitrogens with zero attached hydrogens (tertiary/aromatic N) is 2. The molecule has 0 bridgehead atoms. The van der Waals surface area contributed by atoms with Crippen molar-refractivity contribution in [2.45, 2.75) is 5.75 Å². The summed E-state index contributed by atoms with van der Waals surface area (Å²) in [6.07, 6.45) is 0. The Hall–Kier alpha value is -2.38. The lowest BCUT2D eigenvalue weighted by molar-refractivity contribution is -0.122. The van der Waals surface area contributed by atoms with Crippen LogP contribution < -0.4 is 5.32 Å². The standard InChI is InChI=1S/C22H26FN3O2S/c23-20-9-5-4-8-19(20)17-29-15-10-24-21(27)16-25-11-13-26(14-12-25)22(28)18-6-2-1-3-7-18/h1-9H,10-17H2,(H,24,27). The van der Waals surface area contributed by atoms with E-state index in [2.05, 4.69) is 10.2 Å². The van der Waals surface area contributed by atoms with Crippen molar-refractivity contribution < 1.29 is 14.0 Å². The number of nitrogens with one attached hydrogen (secondary N) is 1. The van der Waals surface area contributed by atoms with Crippen molar-refractivity contribution in [1.82, 2.24) is 15.1 Å².